The Hall–Kier alpha value is -4.67. The molecule has 0 unspecified atom stereocenters. The third kappa shape index (κ3) is 3.76. The van der Waals surface area contributed by atoms with Crippen LogP contribution in [0.4, 0.5) is 10.1 Å². The van der Waals surface area contributed by atoms with Crippen LogP contribution in [0.15, 0.2) is 61.1 Å². The number of carbonyl (C=O) groups excluding carboxylic acids is 1. The zero-order valence-electron chi connectivity index (χ0n) is 17.6. The van der Waals surface area contributed by atoms with E-state index in [1.807, 2.05) is 30.3 Å². The first-order valence-corrected chi connectivity index (χ1v) is 9.85. The van der Waals surface area contributed by atoms with Crippen LogP contribution in [0.2, 0.25) is 0 Å². The first kappa shape index (κ1) is 20.2. The first-order valence-electron chi connectivity index (χ1n) is 9.85. The maximum atomic E-state index is 14.8. The number of anilines is 1. The second-order valence-electron chi connectivity index (χ2n) is 7.05. The van der Waals surface area contributed by atoms with Crippen molar-refractivity contribution in [3.05, 3.63) is 72.6 Å². The number of aryl methyl sites for hydroxylation is 1. The molecule has 1 N–H and O–H groups in total. The highest BCUT2D eigenvalue weighted by Crippen LogP contribution is 2.25. The molecule has 5 rings (SSSR count). The molecular weight excluding hydrogens is 427 g/mol. The van der Waals surface area contributed by atoms with Gasteiger partial charge in [0.2, 0.25) is 0 Å². The molecule has 0 aliphatic heterocycles. The van der Waals surface area contributed by atoms with Crippen LogP contribution in [-0.4, -0.2) is 47.4 Å². The van der Waals surface area contributed by atoms with Crippen LogP contribution in [0.5, 0.6) is 6.01 Å². The van der Waals surface area contributed by atoms with Crippen LogP contribution in [0.3, 0.4) is 0 Å². The van der Waals surface area contributed by atoms with E-state index in [1.54, 1.807) is 13.1 Å². The van der Waals surface area contributed by atoms with E-state index in [4.69, 9.17) is 4.74 Å². The van der Waals surface area contributed by atoms with Crippen molar-refractivity contribution in [1.82, 2.24) is 34.3 Å². The largest absolute Gasteiger partial charge is 0.467 e. The van der Waals surface area contributed by atoms with Crippen molar-refractivity contribution in [1.29, 1.82) is 0 Å². The van der Waals surface area contributed by atoms with Gasteiger partial charge in [0.25, 0.3) is 5.91 Å². The molecule has 0 fully saturated rings. The van der Waals surface area contributed by atoms with Gasteiger partial charge in [-0.2, -0.15) is 10.1 Å². The molecule has 0 saturated carbocycles. The Labute approximate surface area is 186 Å². The molecule has 10 nitrogen and oxygen atoms in total. The summed E-state index contributed by atoms with van der Waals surface area (Å²) in [4.78, 5) is 25.8. The minimum atomic E-state index is -0.659. The zero-order valence-corrected chi connectivity index (χ0v) is 17.6. The fourth-order valence-electron chi connectivity index (χ4n) is 3.37. The Bertz CT molecular complexity index is 1480. The van der Waals surface area contributed by atoms with E-state index in [2.05, 4.69) is 30.5 Å². The van der Waals surface area contributed by atoms with Crippen molar-refractivity contribution < 1.29 is 13.9 Å². The lowest BCUT2D eigenvalue weighted by molar-refractivity contribution is 0.101. The third-order valence-corrected chi connectivity index (χ3v) is 4.95. The van der Waals surface area contributed by atoms with E-state index < -0.39 is 11.7 Å². The van der Waals surface area contributed by atoms with Crippen LogP contribution < -0.4 is 10.1 Å². The monoisotopic (exact) mass is 444 g/mol. The van der Waals surface area contributed by atoms with Crippen molar-refractivity contribution >= 4 is 17.2 Å². The van der Waals surface area contributed by atoms with Crippen LogP contribution in [-0.2, 0) is 7.05 Å². The summed E-state index contributed by atoms with van der Waals surface area (Å²) in [7, 11) is 3.06. The molecule has 0 aliphatic rings. The summed E-state index contributed by atoms with van der Waals surface area (Å²) in [5, 5.41) is 11.1. The van der Waals surface area contributed by atoms with E-state index in [1.165, 1.54) is 41.0 Å². The van der Waals surface area contributed by atoms with E-state index in [0.29, 0.717) is 22.7 Å². The predicted molar refractivity (Wildman–Crippen MR) is 117 cm³/mol. The third-order valence-electron chi connectivity index (χ3n) is 4.95. The van der Waals surface area contributed by atoms with E-state index >= 15 is 0 Å². The van der Waals surface area contributed by atoms with Gasteiger partial charge in [0.1, 0.15) is 5.69 Å². The second kappa shape index (κ2) is 8.11. The number of nitrogens with zero attached hydrogens (tertiary/aromatic N) is 7. The number of methoxy groups -OCH3 is 1. The highest BCUT2D eigenvalue weighted by atomic mass is 19.1. The molecule has 5 aromatic rings. The van der Waals surface area contributed by atoms with Gasteiger partial charge in [-0.3, -0.25) is 9.48 Å². The molecule has 33 heavy (non-hydrogen) atoms. The molecule has 0 aliphatic carbocycles. The molecule has 0 radical (unpaired) electrons. The maximum Gasteiger partial charge on any atom is 0.316 e. The van der Waals surface area contributed by atoms with Gasteiger partial charge in [-0.15, -0.1) is 5.10 Å². The summed E-state index contributed by atoms with van der Waals surface area (Å²) in [5.74, 6) is -0.772. The highest BCUT2D eigenvalue weighted by Gasteiger charge is 2.21. The number of hydrogen-bond acceptors (Lipinski definition) is 7. The van der Waals surface area contributed by atoms with Crippen LogP contribution in [0.1, 0.15) is 10.5 Å². The smallest absolute Gasteiger partial charge is 0.316 e. The van der Waals surface area contributed by atoms with E-state index in [0.717, 1.165) is 5.56 Å². The summed E-state index contributed by atoms with van der Waals surface area (Å²) >= 11 is 0. The molecule has 1 amide bonds. The number of benzene rings is 1. The Morgan fingerprint density at radius 3 is 2.76 bits per heavy atom. The average molecular weight is 444 g/mol. The van der Waals surface area contributed by atoms with Gasteiger partial charge in [-0.25, -0.2) is 18.9 Å². The summed E-state index contributed by atoms with van der Waals surface area (Å²) < 4.78 is 22.6. The van der Waals surface area contributed by atoms with Crippen LogP contribution in [0, 0.1) is 5.82 Å². The fourth-order valence-corrected chi connectivity index (χ4v) is 3.37. The van der Waals surface area contributed by atoms with Crippen LogP contribution in [0.25, 0.3) is 28.3 Å². The molecule has 4 aromatic heterocycles. The topological polar surface area (TPSA) is 112 Å². The fraction of sp³-hybridized carbons (Fsp3) is 0.0909. The van der Waals surface area contributed by atoms with Crippen molar-refractivity contribution in [3.8, 4) is 28.7 Å². The van der Waals surface area contributed by atoms with Crippen molar-refractivity contribution in [2.24, 2.45) is 7.05 Å². The molecule has 4 heterocycles. The van der Waals surface area contributed by atoms with E-state index in [-0.39, 0.29) is 17.4 Å². The number of aromatic nitrogens is 7. The van der Waals surface area contributed by atoms with E-state index in [9.17, 15) is 9.18 Å². The maximum absolute atomic E-state index is 14.8. The van der Waals surface area contributed by atoms with Crippen molar-refractivity contribution in [3.63, 3.8) is 0 Å². The number of amides is 1. The van der Waals surface area contributed by atoms with Gasteiger partial charge in [-0.1, -0.05) is 30.3 Å². The Morgan fingerprint density at radius 2 is 1.97 bits per heavy atom. The highest BCUT2D eigenvalue weighted by molar-refractivity contribution is 6.07. The molecule has 164 valence electrons. The Kier molecular flexibility index (Phi) is 4.98. The summed E-state index contributed by atoms with van der Waals surface area (Å²) in [6.45, 7) is 0. The zero-order chi connectivity index (χ0) is 22.9. The number of carbonyl (C=O) groups is 1. The van der Waals surface area contributed by atoms with Gasteiger partial charge >= 0.3 is 6.01 Å². The normalized spacial score (nSPS) is 11.0. The van der Waals surface area contributed by atoms with Gasteiger partial charge < -0.3 is 10.1 Å². The van der Waals surface area contributed by atoms with Crippen molar-refractivity contribution in [2.75, 3.05) is 12.4 Å². The summed E-state index contributed by atoms with van der Waals surface area (Å²) in [5.41, 5.74) is 2.24. The number of pyridine rings is 1. The SMILES string of the molecule is COc1nccc(-c2cnn(C)c2C(=O)Nc2cc3nc(-c4ccccc4)nn3cc2F)n1. The van der Waals surface area contributed by atoms with Crippen molar-refractivity contribution in [2.45, 2.75) is 0 Å². The van der Waals surface area contributed by atoms with Gasteiger partial charge in [-0.05, 0) is 6.07 Å². The predicted octanol–water partition coefficient (Wildman–Crippen LogP) is 2.99. The quantitative estimate of drug-likeness (QED) is 0.443. The molecule has 11 heteroatoms. The minimum absolute atomic E-state index is 0.0353. The summed E-state index contributed by atoms with van der Waals surface area (Å²) in [6.07, 6.45) is 4.18. The number of halogens is 1. The molecule has 0 spiro atoms. The molecule has 1 aromatic carbocycles. The standard InChI is InChI=1S/C22H17FN8O2/c1-30-19(14(11-25-30)16-8-9-24-22(27-16)33-2)21(32)26-17-10-18-28-20(13-6-4-3-5-7-13)29-31(18)12-15(17)23/h3-12H,1-2H3,(H,26,32). The van der Waals surface area contributed by atoms with Gasteiger partial charge in [0.05, 0.1) is 36.4 Å². The van der Waals surface area contributed by atoms with Gasteiger partial charge in [0, 0.05) is 24.9 Å². The van der Waals surface area contributed by atoms with Crippen LogP contribution >= 0.6 is 0 Å². The first-order chi connectivity index (χ1) is 16.0. The molecule has 0 bridgehead atoms. The molecule has 0 atom stereocenters. The lowest BCUT2D eigenvalue weighted by atomic mass is 10.1. The minimum Gasteiger partial charge on any atom is -0.467 e. The number of fused-ring (bicyclic) bond motifs is 1. The molecule has 0 saturated heterocycles. The average Bonchev–Trinajstić information content (AvgIpc) is 3.43. The lowest BCUT2D eigenvalue weighted by Gasteiger charge is -2.09. The lowest BCUT2D eigenvalue weighted by Crippen LogP contribution is -2.18. The summed E-state index contributed by atoms with van der Waals surface area (Å²) in [6, 6.07) is 12.6. The molecular formula is C22H17FN8O2. The van der Waals surface area contributed by atoms with Gasteiger partial charge in [0.15, 0.2) is 17.3 Å². The Balaban J connectivity index is 1.48. The number of nitrogens with one attached hydrogen (secondary N) is 1. The second-order valence-corrected chi connectivity index (χ2v) is 7.05. The number of hydrogen-bond donors (Lipinski definition) is 1. The number of ether oxygens (including phenoxy) is 1. The number of rotatable bonds is 5. The Morgan fingerprint density at radius 1 is 1.15 bits per heavy atom.